The van der Waals surface area contributed by atoms with E-state index in [0.717, 1.165) is 13.1 Å². The molecule has 0 saturated carbocycles. The molecular formula is C21H34N2S. The van der Waals surface area contributed by atoms with Crippen LogP contribution in [-0.4, -0.2) is 30.2 Å². The van der Waals surface area contributed by atoms with Crippen LogP contribution in [0.1, 0.15) is 69.8 Å². The number of isothiocyanates is 1. The number of unbranched alkanes of at least 4 members (excludes halogenated alkanes) is 9. The van der Waals surface area contributed by atoms with Gasteiger partial charge in [0.05, 0.1) is 5.16 Å². The van der Waals surface area contributed by atoms with Gasteiger partial charge >= 0.3 is 0 Å². The van der Waals surface area contributed by atoms with Crippen LogP contribution < -0.4 is 0 Å². The van der Waals surface area contributed by atoms with E-state index in [1.807, 2.05) is 0 Å². The molecule has 0 fully saturated rings. The fourth-order valence-corrected chi connectivity index (χ4v) is 3.10. The zero-order valence-electron chi connectivity index (χ0n) is 15.4. The summed E-state index contributed by atoms with van der Waals surface area (Å²) in [5.41, 5.74) is 1.41. The summed E-state index contributed by atoms with van der Waals surface area (Å²) in [4.78, 5) is 6.38. The van der Waals surface area contributed by atoms with Gasteiger partial charge < -0.3 is 4.90 Å². The van der Waals surface area contributed by atoms with E-state index in [0.29, 0.717) is 0 Å². The van der Waals surface area contributed by atoms with Crippen molar-refractivity contribution in [2.24, 2.45) is 4.99 Å². The van der Waals surface area contributed by atoms with Gasteiger partial charge in [-0.2, -0.15) is 0 Å². The number of nitrogens with zero attached hydrogens (tertiary/aromatic N) is 2. The highest BCUT2D eigenvalue weighted by Gasteiger charge is 1.99. The fourth-order valence-electron chi connectivity index (χ4n) is 3.01. The summed E-state index contributed by atoms with van der Waals surface area (Å²) in [6.07, 6.45) is 13.5. The van der Waals surface area contributed by atoms with E-state index in [-0.39, 0.29) is 0 Å². The lowest BCUT2D eigenvalue weighted by Crippen LogP contribution is -2.18. The van der Waals surface area contributed by atoms with Crippen LogP contribution in [0, 0.1) is 0 Å². The van der Waals surface area contributed by atoms with Crippen LogP contribution in [0.2, 0.25) is 0 Å². The van der Waals surface area contributed by atoms with Crippen LogP contribution in [0.5, 0.6) is 0 Å². The molecule has 1 aromatic rings. The van der Waals surface area contributed by atoms with Crippen LogP contribution in [-0.2, 0) is 6.54 Å². The van der Waals surface area contributed by atoms with E-state index >= 15 is 0 Å². The Labute approximate surface area is 154 Å². The Bertz CT molecular complexity index is 440. The van der Waals surface area contributed by atoms with Crippen LogP contribution in [0.4, 0.5) is 0 Å². The number of hydrogen-bond donors (Lipinski definition) is 0. The van der Waals surface area contributed by atoms with Crippen LogP contribution >= 0.6 is 12.2 Å². The first-order chi connectivity index (χ1) is 11.8. The lowest BCUT2D eigenvalue weighted by atomic mass is 10.1. The molecule has 0 atom stereocenters. The van der Waals surface area contributed by atoms with Crippen LogP contribution in [0.15, 0.2) is 35.3 Å². The molecule has 134 valence electrons. The SMILES string of the molecule is CN(CCCCCCCCCCCCN=C=S)Cc1ccccc1. The van der Waals surface area contributed by atoms with Gasteiger partial charge in [-0.25, -0.2) is 4.99 Å². The minimum atomic E-state index is 0.863. The van der Waals surface area contributed by atoms with Crippen molar-refractivity contribution in [1.29, 1.82) is 0 Å². The molecule has 1 rings (SSSR count). The number of benzene rings is 1. The summed E-state index contributed by atoms with van der Waals surface area (Å²) >= 11 is 4.55. The molecule has 1 aromatic carbocycles. The van der Waals surface area contributed by atoms with E-state index < -0.39 is 0 Å². The third kappa shape index (κ3) is 12.4. The van der Waals surface area contributed by atoms with Crippen molar-refractivity contribution in [2.45, 2.75) is 70.8 Å². The normalized spacial score (nSPS) is 10.8. The van der Waals surface area contributed by atoms with E-state index in [1.165, 1.54) is 76.3 Å². The van der Waals surface area contributed by atoms with Crippen molar-refractivity contribution in [3.63, 3.8) is 0 Å². The Morgan fingerprint density at radius 2 is 1.38 bits per heavy atom. The number of hydrogen-bond acceptors (Lipinski definition) is 3. The second-order valence-electron chi connectivity index (χ2n) is 6.73. The molecule has 0 aliphatic carbocycles. The summed E-state index contributed by atoms with van der Waals surface area (Å²) in [6, 6.07) is 10.7. The monoisotopic (exact) mass is 346 g/mol. The predicted octanol–water partition coefficient (Wildman–Crippen LogP) is 6.12. The van der Waals surface area contributed by atoms with Gasteiger partial charge in [0.15, 0.2) is 0 Å². The summed E-state index contributed by atoms with van der Waals surface area (Å²) in [7, 11) is 2.23. The van der Waals surface area contributed by atoms with Crippen molar-refractivity contribution >= 4 is 17.4 Å². The Hall–Kier alpha value is -1.02. The van der Waals surface area contributed by atoms with Gasteiger partial charge in [-0.1, -0.05) is 81.7 Å². The largest absolute Gasteiger partial charge is 0.302 e. The predicted molar refractivity (Wildman–Crippen MR) is 109 cm³/mol. The van der Waals surface area contributed by atoms with Crippen molar-refractivity contribution in [3.8, 4) is 0 Å². The Kier molecular flexibility index (Phi) is 13.6. The molecule has 0 amide bonds. The molecular weight excluding hydrogens is 312 g/mol. The van der Waals surface area contributed by atoms with E-state index in [1.54, 1.807) is 0 Å². The lowest BCUT2D eigenvalue weighted by Gasteiger charge is -2.16. The van der Waals surface area contributed by atoms with E-state index in [2.05, 4.69) is 64.7 Å². The minimum Gasteiger partial charge on any atom is -0.302 e. The fraction of sp³-hybridized carbons (Fsp3) is 0.667. The third-order valence-electron chi connectivity index (χ3n) is 4.42. The molecule has 24 heavy (non-hydrogen) atoms. The maximum atomic E-state index is 4.55. The van der Waals surface area contributed by atoms with E-state index in [4.69, 9.17) is 0 Å². The topological polar surface area (TPSA) is 15.6 Å². The summed E-state index contributed by atoms with van der Waals surface area (Å²) < 4.78 is 0. The maximum Gasteiger partial charge on any atom is 0.0584 e. The molecule has 0 bridgehead atoms. The first-order valence-corrected chi connectivity index (χ1v) is 10.00. The standard InChI is InChI=1S/C21H34N2S/c1-23(19-21-15-11-10-12-16-21)18-14-9-7-5-3-2-4-6-8-13-17-22-20-24/h10-12,15-16H,2-9,13-14,17-19H2,1H3. The number of rotatable bonds is 15. The molecule has 0 spiro atoms. The Morgan fingerprint density at radius 1 is 0.833 bits per heavy atom. The first kappa shape index (κ1) is 21.0. The average Bonchev–Trinajstić information content (AvgIpc) is 2.60. The first-order valence-electron chi connectivity index (χ1n) is 9.59. The second-order valence-corrected chi connectivity index (χ2v) is 6.91. The second kappa shape index (κ2) is 15.5. The molecule has 0 saturated heterocycles. The quantitative estimate of drug-likeness (QED) is 0.216. The molecule has 0 N–H and O–H groups in total. The van der Waals surface area contributed by atoms with Gasteiger partial charge in [-0.15, -0.1) is 0 Å². The molecule has 2 nitrogen and oxygen atoms in total. The molecule has 0 aromatic heterocycles. The highest BCUT2D eigenvalue weighted by atomic mass is 32.1. The smallest absolute Gasteiger partial charge is 0.0584 e. The summed E-state index contributed by atoms with van der Waals surface area (Å²) in [6.45, 7) is 3.14. The van der Waals surface area contributed by atoms with E-state index in [9.17, 15) is 0 Å². The summed E-state index contributed by atoms with van der Waals surface area (Å²) in [5.74, 6) is 0. The molecule has 3 heteroatoms. The van der Waals surface area contributed by atoms with Crippen molar-refractivity contribution in [2.75, 3.05) is 20.1 Å². The lowest BCUT2D eigenvalue weighted by molar-refractivity contribution is 0.316. The van der Waals surface area contributed by atoms with Gasteiger partial charge in [0.25, 0.3) is 0 Å². The minimum absolute atomic E-state index is 0.863. The molecule has 0 aliphatic rings. The molecule has 0 aliphatic heterocycles. The van der Waals surface area contributed by atoms with Gasteiger partial charge in [-0.3, -0.25) is 0 Å². The molecule has 0 radical (unpaired) electrons. The van der Waals surface area contributed by atoms with Gasteiger partial charge in [0.2, 0.25) is 0 Å². The third-order valence-corrected chi connectivity index (χ3v) is 4.55. The van der Waals surface area contributed by atoms with Crippen LogP contribution in [0.25, 0.3) is 0 Å². The average molecular weight is 347 g/mol. The zero-order chi connectivity index (χ0) is 17.3. The summed E-state index contributed by atoms with van der Waals surface area (Å²) in [5, 5.41) is 2.43. The highest BCUT2D eigenvalue weighted by Crippen LogP contribution is 2.11. The van der Waals surface area contributed by atoms with Crippen molar-refractivity contribution in [1.82, 2.24) is 4.90 Å². The Morgan fingerprint density at radius 3 is 1.96 bits per heavy atom. The maximum absolute atomic E-state index is 4.55. The zero-order valence-corrected chi connectivity index (χ0v) is 16.2. The van der Waals surface area contributed by atoms with Crippen molar-refractivity contribution in [3.05, 3.63) is 35.9 Å². The van der Waals surface area contributed by atoms with Gasteiger partial charge in [0.1, 0.15) is 0 Å². The molecule has 0 unspecified atom stereocenters. The Balaban J connectivity index is 1.82. The van der Waals surface area contributed by atoms with Gasteiger partial charge in [0, 0.05) is 13.1 Å². The van der Waals surface area contributed by atoms with Crippen molar-refractivity contribution < 1.29 is 0 Å². The highest BCUT2D eigenvalue weighted by molar-refractivity contribution is 7.78. The van der Waals surface area contributed by atoms with Crippen LogP contribution in [0.3, 0.4) is 0 Å². The number of thiocarbonyl (C=S) groups is 1. The number of aliphatic imine (C=N–C) groups is 1. The van der Waals surface area contributed by atoms with Gasteiger partial charge in [-0.05, 0) is 44.2 Å². The molecule has 0 heterocycles.